The minimum absolute atomic E-state index is 0.657. The van der Waals surface area contributed by atoms with Crippen molar-refractivity contribution in [1.29, 1.82) is 0 Å². The summed E-state index contributed by atoms with van der Waals surface area (Å²) in [6.45, 7) is 6.63. The van der Waals surface area contributed by atoms with Gasteiger partial charge in [0, 0.05) is 5.88 Å². The molecule has 0 bridgehead atoms. The van der Waals surface area contributed by atoms with Crippen LogP contribution in [0.2, 0.25) is 0 Å². The van der Waals surface area contributed by atoms with E-state index in [2.05, 4.69) is 26.8 Å². The highest BCUT2D eigenvalue weighted by atomic mass is 35.5. The molecule has 1 heteroatoms. The van der Waals surface area contributed by atoms with Crippen molar-refractivity contribution >= 4 is 11.6 Å². The van der Waals surface area contributed by atoms with Crippen LogP contribution in [0.25, 0.3) is 0 Å². The fourth-order valence-electron chi connectivity index (χ4n) is 0.750. The van der Waals surface area contributed by atoms with Crippen LogP contribution >= 0.6 is 11.6 Å². The quantitative estimate of drug-likeness (QED) is 0.436. The minimum atomic E-state index is 0.657. The topological polar surface area (TPSA) is 0 Å². The molecular formula is C9H17Cl. The van der Waals surface area contributed by atoms with Gasteiger partial charge in [-0.3, -0.25) is 0 Å². The van der Waals surface area contributed by atoms with E-state index in [0.717, 1.165) is 5.92 Å². The first-order valence-corrected chi connectivity index (χ1v) is 4.42. The van der Waals surface area contributed by atoms with E-state index in [1.807, 2.05) is 0 Å². The van der Waals surface area contributed by atoms with Crippen LogP contribution in [0.4, 0.5) is 0 Å². The third-order valence-corrected chi connectivity index (χ3v) is 1.70. The molecule has 0 aliphatic carbocycles. The maximum absolute atomic E-state index is 5.54. The Kier molecular flexibility index (Phi) is 5.81. The van der Waals surface area contributed by atoms with Gasteiger partial charge in [0.05, 0.1) is 0 Å². The van der Waals surface area contributed by atoms with Gasteiger partial charge in [-0.05, 0) is 25.7 Å². The summed E-state index contributed by atoms with van der Waals surface area (Å²) in [6, 6.07) is 0. The van der Waals surface area contributed by atoms with E-state index >= 15 is 0 Å². The molecule has 10 heavy (non-hydrogen) atoms. The molecule has 60 valence electrons. The second kappa shape index (κ2) is 5.79. The van der Waals surface area contributed by atoms with Gasteiger partial charge in [0.1, 0.15) is 0 Å². The van der Waals surface area contributed by atoms with Gasteiger partial charge in [0.25, 0.3) is 0 Å². The summed E-state index contributed by atoms with van der Waals surface area (Å²) in [5, 5.41) is 0. The zero-order valence-corrected chi connectivity index (χ0v) is 7.91. The highest BCUT2D eigenvalue weighted by Gasteiger charge is 1.93. The van der Waals surface area contributed by atoms with Crippen molar-refractivity contribution in [3.05, 3.63) is 11.6 Å². The molecule has 0 aromatic carbocycles. The van der Waals surface area contributed by atoms with E-state index in [0.29, 0.717) is 5.88 Å². The fourth-order valence-corrected chi connectivity index (χ4v) is 1.01. The van der Waals surface area contributed by atoms with Crippen LogP contribution in [-0.4, -0.2) is 5.88 Å². The number of rotatable bonds is 4. The molecule has 0 amide bonds. The molecule has 0 saturated heterocycles. The molecule has 0 aliphatic rings. The monoisotopic (exact) mass is 160 g/mol. The fraction of sp³-hybridized carbons (Fsp3) is 0.778. The Morgan fingerprint density at radius 3 is 2.50 bits per heavy atom. The molecule has 0 heterocycles. The number of hydrogen-bond donors (Lipinski definition) is 0. The number of halogens is 1. The van der Waals surface area contributed by atoms with Crippen molar-refractivity contribution in [3.63, 3.8) is 0 Å². The predicted octanol–water partition coefficient (Wildman–Crippen LogP) is 3.61. The average molecular weight is 161 g/mol. The van der Waals surface area contributed by atoms with Crippen LogP contribution in [0.15, 0.2) is 11.6 Å². The van der Waals surface area contributed by atoms with Gasteiger partial charge in [-0.25, -0.2) is 0 Å². The third kappa shape index (κ3) is 6.15. The Labute approximate surface area is 69.3 Å². The van der Waals surface area contributed by atoms with E-state index in [1.165, 1.54) is 18.4 Å². The lowest BCUT2D eigenvalue weighted by Gasteiger charge is -2.03. The van der Waals surface area contributed by atoms with Crippen LogP contribution in [0.3, 0.4) is 0 Å². The van der Waals surface area contributed by atoms with Crippen molar-refractivity contribution in [2.75, 3.05) is 5.88 Å². The Bertz CT molecular complexity index is 103. The molecule has 0 spiro atoms. The summed E-state index contributed by atoms with van der Waals surface area (Å²) in [7, 11) is 0. The number of alkyl halides is 1. The summed E-state index contributed by atoms with van der Waals surface area (Å²) < 4.78 is 0. The van der Waals surface area contributed by atoms with Crippen LogP contribution in [-0.2, 0) is 0 Å². The van der Waals surface area contributed by atoms with Gasteiger partial charge < -0.3 is 0 Å². The van der Waals surface area contributed by atoms with Crippen molar-refractivity contribution < 1.29 is 0 Å². The van der Waals surface area contributed by atoms with Gasteiger partial charge in [-0.1, -0.05) is 25.5 Å². The molecule has 0 unspecified atom stereocenters. The van der Waals surface area contributed by atoms with Crippen LogP contribution in [0, 0.1) is 5.92 Å². The molecular weight excluding hydrogens is 144 g/mol. The molecule has 0 fully saturated rings. The van der Waals surface area contributed by atoms with Gasteiger partial charge in [-0.2, -0.15) is 0 Å². The average Bonchev–Trinajstić information content (AvgIpc) is 1.85. The smallest absolute Gasteiger partial charge is 0.0406 e. The van der Waals surface area contributed by atoms with Crippen molar-refractivity contribution in [1.82, 2.24) is 0 Å². The van der Waals surface area contributed by atoms with Crippen LogP contribution < -0.4 is 0 Å². The molecule has 0 saturated carbocycles. The van der Waals surface area contributed by atoms with E-state index < -0.39 is 0 Å². The molecule has 0 aromatic heterocycles. The first-order chi connectivity index (χ1) is 4.66. The second-order valence-corrected chi connectivity index (χ2v) is 3.45. The lowest BCUT2D eigenvalue weighted by molar-refractivity contribution is 0.584. The molecule has 0 nitrogen and oxygen atoms in total. The molecule has 0 aromatic rings. The summed E-state index contributed by atoms with van der Waals surface area (Å²) in [4.78, 5) is 0. The van der Waals surface area contributed by atoms with Gasteiger partial charge in [0.15, 0.2) is 0 Å². The van der Waals surface area contributed by atoms with Gasteiger partial charge in [0.2, 0.25) is 0 Å². The standard InChI is InChI=1S/C9H17Cl/c1-8(2)4-5-9(3)6-7-10/h6,8H,4-5,7H2,1-3H3. The Balaban J connectivity index is 3.39. The molecule has 0 rings (SSSR count). The van der Waals surface area contributed by atoms with Crippen LogP contribution in [0.1, 0.15) is 33.6 Å². The number of hydrogen-bond acceptors (Lipinski definition) is 0. The SMILES string of the molecule is CC(=CCCl)CCC(C)C. The molecule has 0 atom stereocenters. The lowest BCUT2D eigenvalue weighted by atomic mass is 10.0. The zero-order valence-electron chi connectivity index (χ0n) is 7.15. The first-order valence-electron chi connectivity index (χ1n) is 3.88. The van der Waals surface area contributed by atoms with Crippen molar-refractivity contribution in [2.24, 2.45) is 5.92 Å². The van der Waals surface area contributed by atoms with Crippen LogP contribution in [0.5, 0.6) is 0 Å². The molecule has 0 radical (unpaired) electrons. The summed E-state index contributed by atoms with van der Waals surface area (Å²) in [5.41, 5.74) is 1.42. The van der Waals surface area contributed by atoms with E-state index in [-0.39, 0.29) is 0 Å². The number of allylic oxidation sites excluding steroid dienone is 2. The normalized spacial score (nSPS) is 12.7. The van der Waals surface area contributed by atoms with E-state index in [1.54, 1.807) is 0 Å². The Hall–Kier alpha value is 0.0300. The predicted molar refractivity (Wildman–Crippen MR) is 48.5 cm³/mol. The minimum Gasteiger partial charge on any atom is -0.122 e. The maximum Gasteiger partial charge on any atom is 0.0406 e. The highest BCUT2D eigenvalue weighted by Crippen LogP contribution is 2.10. The van der Waals surface area contributed by atoms with Crippen molar-refractivity contribution in [2.45, 2.75) is 33.6 Å². The molecule has 0 N–H and O–H groups in total. The second-order valence-electron chi connectivity index (χ2n) is 3.14. The summed E-state index contributed by atoms with van der Waals surface area (Å²) in [5.74, 6) is 1.46. The maximum atomic E-state index is 5.54. The molecule has 0 aliphatic heterocycles. The summed E-state index contributed by atoms with van der Waals surface area (Å²) in [6.07, 6.45) is 4.56. The Morgan fingerprint density at radius 2 is 2.10 bits per heavy atom. The third-order valence-electron chi connectivity index (χ3n) is 1.54. The van der Waals surface area contributed by atoms with Crippen molar-refractivity contribution in [3.8, 4) is 0 Å². The highest BCUT2D eigenvalue weighted by molar-refractivity contribution is 6.18. The van der Waals surface area contributed by atoms with E-state index in [9.17, 15) is 0 Å². The van der Waals surface area contributed by atoms with Gasteiger partial charge in [-0.15, -0.1) is 11.6 Å². The first kappa shape index (κ1) is 10.0. The largest absolute Gasteiger partial charge is 0.122 e. The zero-order chi connectivity index (χ0) is 7.98. The van der Waals surface area contributed by atoms with Gasteiger partial charge >= 0.3 is 0 Å². The lowest BCUT2D eigenvalue weighted by Crippen LogP contribution is -1.87. The van der Waals surface area contributed by atoms with E-state index in [4.69, 9.17) is 11.6 Å². The summed E-state index contributed by atoms with van der Waals surface area (Å²) >= 11 is 5.54. The Morgan fingerprint density at radius 1 is 1.50 bits per heavy atom.